The minimum Gasteiger partial charge on any atom is -0.480 e. The zero-order chi connectivity index (χ0) is 15.1. The van der Waals surface area contributed by atoms with E-state index in [1.54, 1.807) is 6.20 Å². The van der Waals surface area contributed by atoms with Crippen LogP contribution in [-0.4, -0.2) is 39.6 Å². The molecule has 20 heavy (non-hydrogen) atoms. The molecule has 0 bridgehead atoms. The molecule has 1 amide bonds. The van der Waals surface area contributed by atoms with E-state index in [9.17, 15) is 14.4 Å². The van der Waals surface area contributed by atoms with Crippen LogP contribution in [0, 0.1) is 5.92 Å². The highest BCUT2D eigenvalue weighted by molar-refractivity contribution is 5.84. The van der Waals surface area contributed by atoms with Gasteiger partial charge in [0.25, 0.3) is 5.56 Å². The van der Waals surface area contributed by atoms with E-state index in [0.29, 0.717) is 12.5 Å². The molecule has 110 valence electrons. The van der Waals surface area contributed by atoms with Crippen molar-refractivity contribution in [1.82, 2.24) is 14.9 Å². The molecule has 0 aliphatic carbocycles. The summed E-state index contributed by atoms with van der Waals surface area (Å²) in [4.78, 5) is 37.5. The number of amides is 1. The van der Waals surface area contributed by atoms with Gasteiger partial charge in [0, 0.05) is 18.9 Å². The summed E-state index contributed by atoms with van der Waals surface area (Å²) in [5.41, 5.74) is -0.313. The molecular weight excluding hydrogens is 264 g/mol. The van der Waals surface area contributed by atoms with Crippen LogP contribution in [0.3, 0.4) is 0 Å². The lowest BCUT2D eigenvalue weighted by Crippen LogP contribution is -2.35. The van der Waals surface area contributed by atoms with Crippen molar-refractivity contribution in [2.24, 2.45) is 5.92 Å². The fraction of sp³-hybridized carbons (Fsp3) is 0.500. The number of rotatable bonds is 7. The van der Waals surface area contributed by atoms with Gasteiger partial charge in [-0.1, -0.05) is 13.8 Å². The quantitative estimate of drug-likeness (QED) is 0.622. The summed E-state index contributed by atoms with van der Waals surface area (Å²) in [7, 11) is 0. The summed E-state index contributed by atoms with van der Waals surface area (Å²) >= 11 is 0. The number of aromatic nitrogens is 2. The van der Waals surface area contributed by atoms with Gasteiger partial charge in [0.2, 0.25) is 5.91 Å². The number of anilines is 1. The average molecular weight is 282 g/mol. The van der Waals surface area contributed by atoms with Gasteiger partial charge in [-0.15, -0.1) is 0 Å². The van der Waals surface area contributed by atoms with Gasteiger partial charge in [0.05, 0.1) is 6.54 Å². The lowest BCUT2D eigenvalue weighted by Gasteiger charge is -2.10. The summed E-state index contributed by atoms with van der Waals surface area (Å²) in [6.45, 7) is 3.86. The van der Waals surface area contributed by atoms with E-state index in [2.05, 4.69) is 15.6 Å². The molecule has 0 saturated carbocycles. The molecule has 1 heterocycles. The third-order valence-corrected chi connectivity index (χ3v) is 2.33. The molecule has 8 heteroatoms. The van der Waals surface area contributed by atoms with Crippen molar-refractivity contribution in [2.45, 2.75) is 20.4 Å². The van der Waals surface area contributed by atoms with Gasteiger partial charge in [-0.2, -0.15) is 0 Å². The third-order valence-electron chi connectivity index (χ3n) is 2.33. The first-order valence-corrected chi connectivity index (χ1v) is 6.18. The number of carboxylic acids is 1. The van der Waals surface area contributed by atoms with Gasteiger partial charge in [0.15, 0.2) is 5.82 Å². The zero-order valence-corrected chi connectivity index (χ0v) is 11.4. The Labute approximate surface area is 115 Å². The van der Waals surface area contributed by atoms with E-state index in [-0.39, 0.29) is 17.9 Å². The predicted octanol–water partition coefficient (Wildman–Crippen LogP) is -0.488. The molecule has 0 atom stereocenters. The van der Waals surface area contributed by atoms with Crippen molar-refractivity contribution >= 4 is 17.7 Å². The van der Waals surface area contributed by atoms with Crippen LogP contribution in [0.15, 0.2) is 17.2 Å². The third kappa shape index (κ3) is 5.09. The van der Waals surface area contributed by atoms with Crippen LogP contribution < -0.4 is 16.2 Å². The van der Waals surface area contributed by atoms with Gasteiger partial charge in [-0.05, 0) is 5.92 Å². The van der Waals surface area contributed by atoms with Gasteiger partial charge >= 0.3 is 5.97 Å². The molecule has 0 aromatic carbocycles. The fourth-order valence-corrected chi connectivity index (χ4v) is 1.51. The van der Waals surface area contributed by atoms with Crippen molar-refractivity contribution in [3.8, 4) is 0 Å². The summed E-state index contributed by atoms with van der Waals surface area (Å²) < 4.78 is 1.51. The molecule has 0 saturated heterocycles. The number of hydrogen-bond donors (Lipinski definition) is 3. The van der Waals surface area contributed by atoms with E-state index in [4.69, 9.17) is 5.11 Å². The van der Waals surface area contributed by atoms with Crippen molar-refractivity contribution in [3.05, 3.63) is 22.7 Å². The summed E-state index contributed by atoms with van der Waals surface area (Å²) in [6, 6.07) is 0. The minimum atomic E-state index is -1.13. The SMILES string of the molecule is CC(C)Cn1ccnc(NCC(=O)NCC(=O)O)c1=O. The molecule has 0 radical (unpaired) electrons. The topological polar surface area (TPSA) is 113 Å². The highest BCUT2D eigenvalue weighted by Gasteiger charge is 2.08. The first-order chi connectivity index (χ1) is 9.40. The van der Waals surface area contributed by atoms with E-state index in [1.165, 1.54) is 10.8 Å². The Morgan fingerprint density at radius 2 is 2.10 bits per heavy atom. The fourth-order valence-electron chi connectivity index (χ4n) is 1.51. The Kier molecular flexibility index (Phi) is 5.70. The van der Waals surface area contributed by atoms with Gasteiger partial charge in [-0.25, -0.2) is 4.98 Å². The van der Waals surface area contributed by atoms with Gasteiger partial charge in [-0.3, -0.25) is 14.4 Å². The van der Waals surface area contributed by atoms with Crippen LogP contribution in [0.4, 0.5) is 5.82 Å². The normalized spacial score (nSPS) is 10.3. The molecule has 0 unspecified atom stereocenters. The summed E-state index contributed by atoms with van der Waals surface area (Å²) in [6.07, 6.45) is 3.05. The highest BCUT2D eigenvalue weighted by atomic mass is 16.4. The Morgan fingerprint density at radius 3 is 2.70 bits per heavy atom. The van der Waals surface area contributed by atoms with E-state index in [1.807, 2.05) is 13.8 Å². The van der Waals surface area contributed by atoms with E-state index >= 15 is 0 Å². The van der Waals surface area contributed by atoms with Crippen molar-refractivity contribution in [3.63, 3.8) is 0 Å². The Balaban J connectivity index is 2.62. The van der Waals surface area contributed by atoms with E-state index in [0.717, 1.165) is 0 Å². The second-order valence-electron chi connectivity index (χ2n) is 4.65. The standard InChI is InChI=1S/C12H18N4O4/c1-8(2)7-16-4-3-13-11(12(16)20)15-5-9(17)14-6-10(18)19/h3-4,8H,5-7H2,1-2H3,(H,13,15)(H,14,17)(H,18,19). The largest absolute Gasteiger partial charge is 0.480 e. The molecular formula is C12H18N4O4. The number of nitrogens with one attached hydrogen (secondary N) is 2. The number of carbonyl (C=O) groups is 2. The van der Waals surface area contributed by atoms with Gasteiger partial charge < -0.3 is 20.3 Å². The number of hydrogen-bond acceptors (Lipinski definition) is 5. The molecule has 1 aromatic heterocycles. The number of nitrogens with zero attached hydrogens (tertiary/aromatic N) is 2. The predicted molar refractivity (Wildman–Crippen MR) is 72.5 cm³/mol. The molecule has 0 spiro atoms. The summed E-state index contributed by atoms with van der Waals surface area (Å²) in [5.74, 6) is -1.27. The molecule has 0 aliphatic rings. The van der Waals surface area contributed by atoms with Crippen LogP contribution in [0.25, 0.3) is 0 Å². The summed E-state index contributed by atoms with van der Waals surface area (Å²) in [5, 5.41) is 13.2. The number of aliphatic carboxylic acids is 1. The smallest absolute Gasteiger partial charge is 0.322 e. The number of carboxylic acid groups (broad SMARTS) is 1. The lowest BCUT2D eigenvalue weighted by atomic mass is 10.2. The van der Waals surface area contributed by atoms with Crippen LogP contribution in [-0.2, 0) is 16.1 Å². The zero-order valence-electron chi connectivity index (χ0n) is 11.4. The maximum Gasteiger partial charge on any atom is 0.322 e. The van der Waals surface area contributed by atoms with E-state index < -0.39 is 18.4 Å². The maximum atomic E-state index is 12.0. The Morgan fingerprint density at radius 1 is 1.40 bits per heavy atom. The first kappa shape index (κ1) is 15.7. The highest BCUT2D eigenvalue weighted by Crippen LogP contribution is 1.98. The maximum absolute atomic E-state index is 12.0. The first-order valence-electron chi connectivity index (χ1n) is 6.18. The molecule has 1 aromatic rings. The number of carbonyl (C=O) groups excluding carboxylic acids is 1. The van der Waals surface area contributed by atoms with Crippen LogP contribution >= 0.6 is 0 Å². The van der Waals surface area contributed by atoms with Crippen molar-refractivity contribution < 1.29 is 14.7 Å². The van der Waals surface area contributed by atoms with Crippen LogP contribution in [0.2, 0.25) is 0 Å². The molecule has 8 nitrogen and oxygen atoms in total. The molecule has 3 N–H and O–H groups in total. The van der Waals surface area contributed by atoms with Gasteiger partial charge in [0.1, 0.15) is 6.54 Å². The molecule has 1 rings (SSSR count). The van der Waals surface area contributed by atoms with Crippen LogP contribution in [0.5, 0.6) is 0 Å². The van der Waals surface area contributed by atoms with Crippen molar-refractivity contribution in [2.75, 3.05) is 18.4 Å². The molecule has 0 aliphatic heterocycles. The Hall–Kier alpha value is -2.38. The lowest BCUT2D eigenvalue weighted by molar-refractivity contribution is -0.137. The van der Waals surface area contributed by atoms with Crippen LogP contribution in [0.1, 0.15) is 13.8 Å². The monoisotopic (exact) mass is 282 g/mol. The minimum absolute atomic E-state index is 0.0682. The average Bonchev–Trinajstić information content (AvgIpc) is 2.37. The Bertz CT molecular complexity index is 539. The molecule has 0 fully saturated rings. The second kappa shape index (κ2) is 7.27. The second-order valence-corrected chi connectivity index (χ2v) is 4.65. The van der Waals surface area contributed by atoms with Crippen molar-refractivity contribution in [1.29, 1.82) is 0 Å².